The molecule has 2 atom stereocenters. The van der Waals surface area contributed by atoms with Crippen LogP contribution in [0.1, 0.15) is 18.5 Å². The second-order valence-electron chi connectivity index (χ2n) is 3.48. The molecule has 0 aliphatic rings. The monoisotopic (exact) mass is 323 g/mol. The predicted octanol–water partition coefficient (Wildman–Crippen LogP) is 2.19. The fourth-order valence-electron chi connectivity index (χ4n) is 1.35. The van der Waals surface area contributed by atoms with Crippen molar-refractivity contribution in [3.8, 4) is 5.75 Å². The highest BCUT2D eigenvalue weighted by Gasteiger charge is 2.30. The maximum Gasteiger partial charge on any atom is 0.342 e. The quantitative estimate of drug-likeness (QED) is 0.833. The molecule has 1 unspecified atom stereocenters. The molecule has 0 aromatic heterocycles. The minimum Gasteiger partial charge on any atom is -0.505 e. The standard InChI is InChI=1S/C11H12BrF2NO3/c1-2-18-11(17)8(14)9(15)5-3-4-6(12)7(13)10(5)16/h3-4,8-9,16H,2,15H2,1H3/t8?,9-/m0/s1. The van der Waals surface area contributed by atoms with Gasteiger partial charge in [0.1, 0.15) is 0 Å². The molecule has 4 nitrogen and oxygen atoms in total. The zero-order chi connectivity index (χ0) is 13.9. The van der Waals surface area contributed by atoms with Gasteiger partial charge in [-0.2, -0.15) is 0 Å². The van der Waals surface area contributed by atoms with Crippen LogP contribution in [-0.2, 0) is 9.53 Å². The number of esters is 1. The number of phenols is 1. The second kappa shape index (κ2) is 6.10. The van der Waals surface area contributed by atoms with Crippen LogP contribution in [0.25, 0.3) is 0 Å². The first-order chi connectivity index (χ1) is 8.40. The van der Waals surface area contributed by atoms with Gasteiger partial charge in [-0.05, 0) is 28.9 Å². The highest BCUT2D eigenvalue weighted by atomic mass is 79.9. The van der Waals surface area contributed by atoms with Crippen molar-refractivity contribution in [2.24, 2.45) is 5.73 Å². The molecule has 100 valence electrons. The average molecular weight is 324 g/mol. The molecule has 0 bridgehead atoms. The number of nitrogens with two attached hydrogens (primary N) is 1. The minimum absolute atomic E-state index is 0.00660. The van der Waals surface area contributed by atoms with Crippen LogP contribution in [-0.4, -0.2) is 23.9 Å². The van der Waals surface area contributed by atoms with Crippen molar-refractivity contribution in [1.29, 1.82) is 0 Å². The number of carbonyl (C=O) groups excluding carboxylic acids is 1. The number of rotatable bonds is 4. The number of hydrogen-bond acceptors (Lipinski definition) is 4. The highest BCUT2D eigenvalue weighted by molar-refractivity contribution is 9.10. The van der Waals surface area contributed by atoms with E-state index in [1.165, 1.54) is 19.1 Å². The molecular weight excluding hydrogens is 312 g/mol. The fourth-order valence-corrected chi connectivity index (χ4v) is 1.67. The van der Waals surface area contributed by atoms with Crippen molar-refractivity contribution in [3.63, 3.8) is 0 Å². The Kier molecular flexibility index (Phi) is 5.03. The Hall–Kier alpha value is -1.21. The van der Waals surface area contributed by atoms with Gasteiger partial charge in [0.05, 0.1) is 17.1 Å². The topological polar surface area (TPSA) is 72.5 Å². The second-order valence-corrected chi connectivity index (χ2v) is 4.33. The number of ether oxygens (including phenoxy) is 1. The van der Waals surface area contributed by atoms with E-state index in [4.69, 9.17) is 5.73 Å². The summed E-state index contributed by atoms with van der Waals surface area (Å²) in [7, 11) is 0. The van der Waals surface area contributed by atoms with E-state index in [9.17, 15) is 18.7 Å². The highest BCUT2D eigenvalue weighted by Crippen LogP contribution is 2.33. The van der Waals surface area contributed by atoms with Crippen molar-refractivity contribution in [2.75, 3.05) is 6.61 Å². The summed E-state index contributed by atoms with van der Waals surface area (Å²) in [5.74, 6) is -2.89. The van der Waals surface area contributed by atoms with Gasteiger partial charge in [-0.15, -0.1) is 0 Å². The molecule has 0 spiro atoms. The maximum absolute atomic E-state index is 13.6. The zero-order valence-corrected chi connectivity index (χ0v) is 11.1. The fraction of sp³-hybridized carbons (Fsp3) is 0.364. The SMILES string of the molecule is CCOC(=O)C(F)[C@@H](N)c1ccc(Br)c(F)c1O. The number of carbonyl (C=O) groups is 1. The summed E-state index contributed by atoms with van der Waals surface area (Å²) in [6.45, 7) is 1.53. The lowest BCUT2D eigenvalue weighted by atomic mass is 10.0. The van der Waals surface area contributed by atoms with Crippen molar-refractivity contribution in [2.45, 2.75) is 19.1 Å². The molecule has 0 heterocycles. The third-order valence-electron chi connectivity index (χ3n) is 2.29. The van der Waals surface area contributed by atoms with E-state index in [-0.39, 0.29) is 16.6 Å². The molecular formula is C11H12BrF2NO3. The first-order valence-corrected chi connectivity index (χ1v) is 5.92. The van der Waals surface area contributed by atoms with Crippen molar-refractivity contribution >= 4 is 21.9 Å². The first kappa shape index (κ1) is 14.8. The van der Waals surface area contributed by atoms with Gasteiger partial charge in [0.25, 0.3) is 0 Å². The van der Waals surface area contributed by atoms with Crippen LogP contribution in [0.15, 0.2) is 16.6 Å². The molecule has 0 saturated heterocycles. The van der Waals surface area contributed by atoms with Gasteiger partial charge >= 0.3 is 5.97 Å². The summed E-state index contributed by atoms with van der Waals surface area (Å²) < 4.78 is 31.5. The molecule has 1 aromatic rings. The van der Waals surface area contributed by atoms with Crippen LogP contribution in [0.4, 0.5) is 8.78 Å². The van der Waals surface area contributed by atoms with Crippen LogP contribution in [0, 0.1) is 5.82 Å². The lowest BCUT2D eigenvalue weighted by Gasteiger charge is -2.17. The lowest BCUT2D eigenvalue weighted by molar-refractivity contribution is -0.149. The number of aromatic hydroxyl groups is 1. The molecule has 7 heteroatoms. The van der Waals surface area contributed by atoms with Crippen molar-refractivity contribution in [1.82, 2.24) is 0 Å². The summed E-state index contributed by atoms with van der Waals surface area (Å²) in [4.78, 5) is 11.2. The Labute approximate surface area is 111 Å². The van der Waals surface area contributed by atoms with Gasteiger partial charge in [-0.1, -0.05) is 6.07 Å². The number of halogens is 3. The van der Waals surface area contributed by atoms with E-state index in [1.54, 1.807) is 0 Å². The Balaban J connectivity index is 3.00. The van der Waals surface area contributed by atoms with Crippen molar-refractivity contribution in [3.05, 3.63) is 28.0 Å². The minimum atomic E-state index is -2.17. The Morgan fingerprint density at radius 1 is 1.61 bits per heavy atom. The van der Waals surface area contributed by atoms with Crippen LogP contribution >= 0.6 is 15.9 Å². The molecule has 0 aliphatic heterocycles. The largest absolute Gasteiger partial charge is 0.505 e. The van der Waals surface area contributed by atoms with Gasteiger partial charge < -0.3 is 15.6 Å². The molecule has 1 rings (SSSR count). The average Bonchev–Trinajstić information content (AvgIpc) is 2.35. The van der Waals surface area contributed by atoms with Gasteiger partial charge in [0, 0.05) is 5.56 Å². The summed E-state index contributed by atoms with van der Waals surface area (Å²) in [5.41, 5.74) is 5.27. The predicted molar refractivity (Wildman–Crippen MR) is 64.2 cm³/mol. The third-order valence-corrected chi connectivity index (χ3v) is 2.90. The summed E-state index contributed by atoms with van der Waals surface area (Å²) in [6, 6.07) is 1.01. The third kappa shape index (κ3) is 2.97. The van der Waals surface area contributed by atoms with Crippen LogP contribution in [0.3, 0.4) is 0 Å². The van der Waals surface area contributed by atoms with Crippen LogP contribution < -0.4 is 5.73 Å². The lowest BCUT2D eigenvalue weighted by Crippen LogP contribution is -2.31. The van der Waals surface area contributed by atoms with Crippen LogP contribution in [0.5, 0.6) is 5.75 Å². The van der Waals surface area contributed by atoms with Crippen LogP contribution in [0.2, 0.25) is 0 Å². The maximum atomic E-state index is 13.6. The Bertz CT molecular complexity index is 456. The summed E-state index contributed by atoms with van der Waals surface area (Å²) in [5, 5.41) is 9.51. The number of benzene rings is 1. The van der Waals surface area contributed by atoms with Gasteiger partial charge in [0.15, 0.2) is 11.6 Å². The molecule has 0 fully saturated rings. The van der Waals surface area contributed by atoms with E-state index >= 15 is 0 Å². The van der Waals surface area contributed by atoms with Gasteiger partial charge in [-0.25, -0.2) is 13.6 Å². The van der Waals surface area contributed by atoms with Gasteiger partial charge in [-0.3, -0.25) is 0 Å². The molecule has 0 saturated carbocycles. The van der Waals surface area contributed by atoms with E-state index in [2.05, 4.69) is 20.7 Å². The normalized spacial score (nSPS) is 14.1. The summed E-state index contributed by atoms with van der Waals surface area (Å²) >= 11 is 2.86. The molecule has 0 aliphatic carbocycles. The molecule has 0 radical (unpaired) electrons. The Morgan fingerprint density at radius 2 is 2.22 bits per heavy atom. The van der Waals surface area contributed by atoms with E-state index in [1.807, 2.05) is 0 Å². The number of alkyl halides is 1. The smallest absolute Gasteiger partial charge is 0.342 e. The van der Waals surface area contributed by atoms with E-state index < -0.39 is 29.7 Å². The Morgan fingerprint density at radius 3 is 2.78 bits per heavy atom. The van der Waals surface area contributed by atoms with Crippen molar-refractivity contribution < 1.29 is 23.4 Å². The van der Waals surface area contributed by atoms with Gasteiger partial charge in [0.2, 0.25) is 6.17 Å². The molecule has 3 N–H and O–H groups in total. The zero-order valence-electron chi connectivity index (χ0n) is 9.49. The first-order valence-electron chi connectivity index (χ1n) is 5.13. The number of hydrogen-bond donors (Lipinski definition) is 2. The number of phenolic OH excluding ortho intramolecular Hbond substituents is 1. The van der Waals surface area contributed by atoms with E-state index in [0.717, 1.165) is 0 Å². The summed E-state index contributed by atoms with van der Waals surface area (Å²) in [6.07, 6.45) is -2.17. The van der Waals surface area contributed by atoms with E-state index in [0.29, 0.717) is 0 Å². The molecule has 18 heavy (non-hydrogen) atoms. The molecule has 1 aromatic carbocycles. The molecule has 0 amide bonds.